The SMILES string of the molecule is O=C(CCc1nc2ccccc2[nH]1)N1CCCN(C2CCOC2)CC1. The zero-order valence-corrected chi connectivity index (χ0v) is 14.6. The molecule has 3 heterocycles. The van der Waals surface area contributed by atoms with Crippen LogP contribution in [-0.2, 0) is 16.0 Å². The van der Waals surface area contributed by atoms with Gasteiger partial charge in [0.1, 0.15) is 5.82 Å². The summed E-state index contributed by atoms with van der Waals surface area (Å²) < 4.78 is 5.51. The molecular formula is C19H26N4O2. The van der Waals surface area contributed by atoms with Crippen LogP contribution in [0.1, 0.15) is 25.1 Å². The summed E-state index contributed by atoms with van der Waals surface area (Å²) in [4.78, 5) is 25.0. The molecule has 1 N–H and O–H groups in total. The molecule has 6 nitrogen and oxygen atoms in total. The molecule has 134 valence electrons. The molecule has 2 aliphatic rings. The Morgan fingerprint density at radius 2 is 2.16 bits per heavy atom. The first-order valence-corrected chi connectivity index (χ1v) is 9.33. The Morgan fingerprint density at radius 3 is 3.00 bits per heavy atom. The number of hydrogen-bond donors (Lipinski definition) is 1. The van der Waals surface area contributed by atoms with Crippen molar-refractivity contribution in [3.8, 4) is 0 Å². The number of fused-ring (bicyclic) bond motifs is 1. The van der Waals surface area contributed by atoms with Gasteiger partial charge in [-0.15, -0.1) is 0 Å². The highest BCUT2D eigenvalue weighted by Crippen LogP contribution is 2.16. The second-order valence-corrected chi connectivity index (χ2v) is 6.99. The van der Waals surface area contributed by atoms with Gasteiger partial charge in [-0.25, -0.2) is 4.98 Å². The van der Waals surface area contributed by atoms with Crippen LogP contribution in [0.5, 0.6) is 0 Å². The van der Waals surface area contributed by atoms with Crippen molar-refractivity contribution in [3.63, 3.8) is 0 Å². The number of H-pyrrole nitrogens is 1. The molecule has 0 bridgehead atoms. The number of para-hydroxylation sites is 2. The van der Waals surface area contributed by atoms with Gasteiger partial charge in [-0.1, -0.05) is 12.1 Å². The van der Waals surface area contributed by atoms with Crippen molar-refractivity contribution in [2.24, 2.45) is 0 Å². The summed E-state index contributed by atoms with van der Waals surface area (Å²) in [5.74, 6) is 1.14. The molecule has 2 fully saturated rings. The first-order valence-electron chi connectivity index (χ1n) is 9.33. The minimum atomic E-state index is 0.241. The van der Waals surface area contributed by atoms with Crippen LogP contribution in [0.2, 0.25) is 0 Å². The topological polar surface area (TPSA) is 61.5 Å². The van der Waals surface area contributed by atoms with E-state index in [2.05, 4.69) is 14.9 Å². The van der Waals surface area contributed by atoms with Crippen molar-refractivity contribution in [2.75, 3.05) is 39.4 Å². The van der Waals surface area contributed by atoms with Crippen molar-refractivity contribution < 1.29 is 9.53 Å². The molecule has 2 saturated heterocycles. The summed E-state index contributed by atoms with van der Waals surface area (Å²) in [5, 5.41) is 0. The van der Waals surface area contributed by atoms with Crippen molar-refractivity contribution in [3.05, 3.63) is 30.1 Å². The Kier molecular flexibility index (Phi) is 4.99. The highest BCUT2D eigenvalue weighted by atomic mass is 16.5. The van der Waals surface area contributed by atoms with Gasteiger partial charge in [-0.05, 0) is 25.0 Å². The Hall–Kier alpha value is -1.92. The second-order valence-electron chi connectivity index (χ2n) is 6.99. The Balaban J connectivity index is 1.30. The lowest BCUT2D eigenvalue weighted by molar-refractivity contribution is -0.131. The summed E-state index contributed by atoms with van der Waals surface area (Å²) in [6, 6.07) is 8.53. The monoisotopic (exact) mass is 342 g/mol. The number of aromatic amines is 1. The molecule has 0 spiro atoms. The lowest BCUT2D eigenvalue weighted by atomic mass is 10.2. The van der Waals surface area contributed by atoms with Crippen LogP contribution in [0.15, 0.2) is 24.3 Å². The third-order valence-corrected chi connectivity index (χ3v) is 5.32. The van der Waals surface area contributed by atoms with E-state index < -0.39 is 0 Å². The van der Waals surface area contributed by atoms with E-state index in [0.29, 0.717) is 18.9 Å². The fraction of sp³-hybridized carbons (Fsp3) is 0.579. The number of aromatic nitrogens is 2. The van der Waals surface area contributed by atoms with Gasteiger partial charge in [0.15, 0.2) is 0 Å². The maximum atomic E-state index is 12.6. The van der Waals surface area contributed by atoms with Crippen LogP contribution in [0.3, 0.4) is 0 Å². The number of ether oxygens (including phenoxy) is 1. The number of nitrogens with zero attached hydrogens (tertiary/aromatic N) is 3. The highest BCUT2D eigenvalue weighted by Gasteiger charge is 2.26. The van der Waals surface area contributed by atoms with Gasteiger partial charge in [0.05, 0.1) is 17.6 Å². The third-order valence-electron chi connectivity index (χ3n) is 5.32. The maximum absolute atomic E-state index is 12.6. The van der Waals surface area contributed by atoms with Crippen LogP contribution in [-0.4, -0.2) is 71.1 Å². The van der Waals surface area contributed by atoms with Crippen molar-refractivity contribution in [1.82, 2.24) is 19.8 Å². The summed E-state index contributed by atoms with van der Waals surface area (Å²) >= 11 is 0. The number of rotatable bonds is 4. The quantitative estimate of drug-likeness (QED) is 0.921. The number of amides is 1. The molecule has 25 heavy (non-hydrogen) atoms. The molecule has 1 unspecified atom stereocenters. The number of nitrogens with one attached hydrogen (secondary N) is 1. The van der Waals surface area contributed by atoms with Gasteiger partial charge in [0.2, 0.25) is 5.91 Å². The molecule has 6 heteroatoms. The van der Waals surface area contributed by atoms with Crippen LogP contribution in [0.4, 0.5) is 0 Å². The molecule has 0 radical (unpaired) electrons. The summed E-state index contributed by atoms with van der Waals surface area (Å²) in [5.41, 5.74) is 2.00. The average molecular weight is 342 g/mol. The maximum Gasteiger partial charge on any atom is 0.223 e. The molecule has 1 aromatic heterocycles. The van der Waals surface area contributed by atoms with E-state index >= 15 is 0 Å². The van der Waals surface area contributed by atoms with Gasteiger partial charge >= 0.3 is 0 Å². The first-order chi connectivity index (χ1) is 12.3. The van der Waals surface area contributed by atoms with Crippen LogP contribution in [0.25, 0.3) is 11.0 Å². The van der Waals surface area contributed by atoms with E-state index in [1.165, 1.54) is 0 Å². The molecule has 1 aromatic carbocycles. The van der Waals surface area contributed by atoms with E-state index in [1.54, 1.807) is 0 Å². The zero-order valence-electron chi connectivity index (χ0n) is 14.6. The van der Waals surface area contributed by atoms with Crippen LogP contribution < -0.4 is 0 Å². The standard InChI is InChI=1S/C19H26N4O2/c24-19(7-6-18-20-16-4-1-2-5-17(16)21-18)23-10-3-9-22(11-12-23)15-8-13-25-14-15/h1-2,4-5,15H,3,6-14H2,(H,20,21). The highest BCUT2D eigenvalue weighted by molar-refractivity contribution is 5.77. The van der Waals surface area contributed by atoms with E-state index in [9.17, 15) is 4.79 Å². The van der Waals surface area contributed by atoms with E-state index in [-0.39, 0.29) is 5.91 Å². The molecule has 2 aliphatic heterocycles. The first kappa shape index (κ1) is 16.5. The molecule has 2 aromatic rings. The lowest BCUT2D eigenvalue weighted by Gasteiger charge is -2.26. The molecule has 4 rings (SSSR count). The van der Waals surface area contributed by atoms with Gasteiger partial charge in [0.25, 0.3) is 0 Å². The minimum absolute atomic E-state index is 0.241. The lowest BCUT2D eigenvalue weighted by Crippen LogP contribution is -2.39. The predicted molar refractivity (Wildman–Crippen MR) is 96.4 cm³/mol. The van der Waals surface area contributed by atoms with Crippen LogP contribution >= 0.6 is 0 Å². The van der Waals surface area contributed by atoms with Gasteiger partial charge in [0, 0.05) is 51.7 Å². The van der Waals surface area contributed by atoms with Crippen molar-refractivity contribution >= 4 is 16.9 Å². The number of imidazole rings is 1. The Morgan fingerprint density at radius 1 is 1.24 bits per heavy atom. The Labute approximate surface area is 148 Å². The van der Waals surface area contributed by atoms with Crippen molar-refractivity contribution in [1.29, 1.82) is 0 Å². The molecule has 0 saturated carbocycles. The van der Waals surface area contributed by atoms with E-state index in [0.717, 1.165) is 69.1 Å². The average Bonchev–Trinajstić information content (AvgIpc) is 3.24. The number of hydrogen-bond acceptors (Lipinski definition) is 4. The molecule has 0 aliphatic carbocycles. The smallest absolute Gasteiger partial charge is 0.223 e. The summed E-state index contributed by atoms with van der Waals surface area (Å²) in [7, 11) is 0. The minimum Gasteiger partial charge on any atom is -0.380 e. The van der Waals surface area contributed by atoms with E-state index in [4.69, 9.17) is 4.74 Å². The summed E-state index contributed by atoms with van der Waals surface area (Å²) in [6.07, 6.45) is 3.36. The number of benzene rings is 1. The van der Waals surface area contributed by atoms with Gasteiger partial charge < -0.3 is 14.6 Å². The number of carbonyl (C=O) groups is 1. The number of carbonyl (C=O) groups excluding carboxylic acids is 1. The molecular weight excluding hydrogens is 316 g/mol. The zero-order chi connectivity index (χ0) is 17.1. The third kappa shape index (κ3) is 3.85. The molecule has 1 amide bonds. The summed E-state index contributed by atoms with van der Waals surface area (Å²) in [6.45, 7) is 5.45. The predicted octanol–water partition coefficient (Wildman–Crippen LogP) is 1.82. The van der Waals surface area contributed by atoms with Gasteiger partial charge in [-0.3, -0.25) is 9.69 Å². The second kappa shape index (κ2) is 7.54. The van der Waals surface area contributed by atoms with Crippen molar-refractivity contribution in [2.45, 2.75) is 31.7 Å². The fourth-order valence-electron chi connectivity index (χ4n) is 3.87. The van der Waals surface area contributed by atoms with Gasteiger partial charge in [-0.2, -0.15) is 0 Å². The fourth-order valence-corrected chi connectivity index (χ4v) is 3.87. The van der Waals surface area contributed by atoms with Crippen LogP contribution in [0, 0.1) is 0 Å². The largest absolute Gasteiger partial charge is 0.380 e. The number of aryl methyl sites for hydroxylation is 1. The Bertz CT molecular complexity index is 690. The molecule has 1 atom stereocenters. The normalized spacial score (nSPS) is 22.4. The van der Waals surface area contributed by atoms with E-state index in [1.807, 2.05) is 29.2 Å².